The fraction of sp³-hybridized carbons (Fsp3) is 0.786. The van der Waals surface area contributed by atoms with E-state index in [-0.39, 0.29) is 39.8 Å². The van der Waals surface area contributed by atoms with Crippen LogP contribution in [-0.2, 0) is 18.1 Å². The van der Waals surface area contributed by atoms with Gasteiger partial charge in [-0.05, 0) is 116 Å². The maximum absolute atomic E-state index is 11.1. The first kappa shape index (κ1) is 44.6. The van der Waals surface area contributed by atoms with Crippen LogP contribution in [0, 0.1) is 11.8 Å². The van der Waals surface area contributed by atoms with Crippen LogP contribution in [0.2, 0.25) is 54.4 Å². The number of unbranched alkanes of at least 4 members (excludes halogenated alkanes) is 4. The third-order valence-corrected chi connectivity index (χ3v) is 27.9. The first-order valence-corrected chi connectivity index (χ1v) is 29.5. The van der Waals surface area contributed by atoms with Crippen molar-refractivity contribution in [1.82, 2.24) is 0 Å². The minimum Gasteiger partial charge on any atom is -0.481 e. The van der Waals surface area contributed by atoms with Gasteiger partial charge in [-0.1, -0.05) is 106 Å². The molecule has 5 atom stereocenters. The van der Waals surface area contributed by atoms with Gasteiger partial charge >= 0.3 is 5.97 Å². The summed E-state index contributed by atoms with van der Waals surface area (Å²) < 4.78 is 23.5. The molecule has 5 nitrogen and oxygen atoms in total. The lowest BCUT2D eigenvalue weighted by atomic mass is 9.84. The van der Waals surface area contributed by atoms with E-state index in [9.17, 15) is 4.79 Å². The first-order valence-electron chi connectivity index (χ1n) is 20.0. The maximum atomic E-state index is 11.1. The molecule has 0 saturated heterocycles. The van der Waals surface area contributed by atoms with Crippen molar-refractivity contribution in [3.8, 4) is 0 Å². The molecule has 1 fully saturated rings. The van der Waals surface area contributed by atoms with Crippen LogP contribution in [0.4, 0.5) is 0 Å². The van der Waals surface area contributed by atoms with E-state index in [1.54, 1.807) is 0 Å². The summed E-state index contributed by atoms with van der Waals surface area (Å²) in [7, 11) is -6.13. The quantitative estimate of drug-likeness (QED) is 0.121. The van der Waals surface area contributed by atoms with Gasteiger partial charge in [-0.2, -0.15) is 0 Å². The highest BCUT2D eigenvalue weighted by Gasteiger charge is 2.51. The molecule has 0 spiro atoms. The molecule has 1 aliphatic rings. The van der Waals surface area contributed by atoms with Crippen molar-refractivity contribution in [1.29, 1.82) is 0 Å². The number of carboxylic acids is 1. The van der Waals surface area contributed by atoms with Gasteiger partial charge in [0.05, 0.1) is 18.3 Å². The highest BCUT2D eigenvalue weighted by Crippen LogP contribution is 2.51. The number of rotatable bonds is 18. The Labute approximate surface area is 320 Å². The summed E-state index contributed by atoms with van der Waals surface area (Å²) in [5.74, 6) is 0.151. The highest BCUT2D eigenvalue weighted by molar-refractivity contribution is 7.19. The van der Waals surface area contributed by atoms with Crippen molar-refractivity contribution in [2.24, 2.45) is 11.8 Å². The molecule has 0 radical (unpaired) electrons. The number of fused-ring (bicyclic) bond motifs is 1. The van der Waals surface area contributed by atoms with Gasteiger partial charge in [0.25, 0.3) is 0 Å². The lowest BCUT2D eigenvalue weighted by Crippen LogP contribution is -2.45. The molecular weight excluding hydrogens is 701 g/mol. The van der Waals surface area contributed by atoms with Gasteiger partial charge in [0.15, 0.2) is 25.0 Å². The molecule has 3 rings (SSSR count). The van der Waals surface area contributed by atoms with Crippen molar-refractivity contribution >= 4 is 52.3 Å². The maximum Gasteiger partial charge on any atom is 0.303 e. The van der Waals surface area contributed by atoms with E-state index in [0.717, 1.165) is 57.8 Å². The van der Waals surface area contributed by atoms with Gasteiger partial charge in [-0.15, -0.1) is 11.3 Å². The van der Waals surface area contributed by atoms with Gasteiger partial charge in [0.1, 0.15) is 0 Å². The van der Waals surface area contributed by atoms with Crippen molar-refractivity contribution in [2.45, 2.75) is 199 Å². The van der Waals surface area contributed by atoms with Crippen LogP contribution in [-0.4, -0.2) is 48.2 Å². The lowest BCUT2D eigenvalue weighted by Gasteiger charge is -2.41. The van der Waals surface area contributed by atoms with Crippen molar-refractivity contribution in [2.75, 3.05) is 0 Å². The Kier molecular flexibility index (Phi) is 15.1. The Morgan fingerprint density at radius 2 is 1.24 bits per heavy atom. The molecule has 9 heteroatoms. The van der Waals surface area contributed by atoms with Crippen LogP contribution in [0.25, 0.3) is 10.1 Å². The lowest BCUT2D eigenvalue weighted by molar-refractivity contribution is -0.137. The number of hydrogen-bond acceptors (Lipinski definition) is 5. The van der Waals surface area contributed by atoms with E-state index in [2.05, 4.69) is 132 Å². The molecule has 1 aliphatic carbocycles. The van der Waals surface area contributed by atoms with E-state index in [1.807, 2.05) is 11.3 Å². The molecule has 1 aromatic carbocycles. The predicted octanol–water partition coefficient (Wildman–Crippen LogP) is 14.0. The van der Waals surface area contributed by atoms with Gasteiger partial charge < -0.3 is 18.4 Å². The van der Waals surface area contributed by atoms with E-state index in [4.69, 9.17) is 18.4 Å². The van der Waals surface area contributed by atoms with Crippen LogP contribution in [0.5, 0.6) is 0 Å². The monoisotopic (exact) mass is 776 g/mol. The number of benzene rings is 1. The average molecular weight is 777 g/mol. The second-order valence-corrected chi connectivity index (χ2v) is 35.6. The van der Waals surface area contributed by atoms with Crippen LogP contribution in [0.1, 0.15) is 138 Å². The Bertz CT molecular complexity index is 1360. The molecule has 0 aliphatic heterocycles. The van der Waals surface area contributed by atoms with Gasteiger partial charge in [0.2, 0.25) is 0 Å². The van der Waals surface area contributed by atoms with Gasteiger partial charge in [0, 0.05) is 16.0 Å². The van der Waals surface area contributed by atoms with Crippen LogP contribution in [0.15, 0.2) is 30.3 Å². The summed E-state index contributed by atoms with van der Waals surface area (Å²) in [4.78, 5) is 12.4. The molecule has 1 heterocycles. The zero-order valence-electron chi connectivity index (χ0n) is 35.3. The predicted molar refractivity (Wildman–Crippen MR) is 228 cm³/mol. The normalized spacial score (nSPS) is 21.8. The Hall–Kier alpha value is -0.819. The molecule has 292 valence electrons. The Morgan fingerprint density at radius 3 is 1.75 bits per heavy atom. The number of carbonyl (C=O) groups is 1. The molecule has 2 unspecified atom stereocenters. The van der Waals surface area contributed by atoms with E-state index < -0.39 is 30.9 Å². The molecule has 1 N–H and O–H groups in total. The zero-order chi connectivity index (χ0) is 38.6. The van der Waals surface area contributed by atoms with Crippen molar-refractivity contribution in [3.63, 3.8) is 0 Å². The van der Waals surface area contributed by atoms with Crippen molar-refractivity contribution in [3.05, 3.63) is 35.2 Å². The number of carboxylic acid groups (broad SMARTS) is 1. The summed E-state index contributed by atoms with van der Waals surface area (Å²) in [6, 6.07) is 11.2. The summed E-state index contributed by atoms with van der Waals surface area (Å²) in [6.45, 7) is 35.6. The molecule has 1 saturated carbocycles. The van der Waals surface area contributed by atoms with E-state index >= 15 is 0 Å². The smallest absolute Gasteiger partial charge is 0.303 e. The second-order valence-electron chi connectivity index (χ2n) is 20.2. The van der Waals surface area contributed by atoms with E-state index in [1.165, 1.54) is 15.0 Å². The molecular formula is C42H76O5SSi3. The SMILES string of the molecule is CC(C)(C)[Si](C)(C)OC1CC(O[Si](C)(C)C(C)(C)C)[C@H](CC[C@@H](O[Si](C)(C)C(C)(C)C)c2cc3ccccc3s2)[C@H]1CCCCCCCC(=O)O. The summed E-state index contributed by atoms with van der Waals surface area (Å²) in [5, 5.41) is 10.8. The molecule has 51 heavy (non-hydrogen) atoms. The summed E-state index contributed by atoms with van der Waals surface area (Å²) >= 11 is 1.91. The highest BCUT2D eigenvalue weighted by atomic mass is 32.1. The fourth-order valence-corrected chi connectivity index (χ4v) is 12.1. The Balaban J connectivity index is 1.99. The first-order chi connectivity index (χ1) is 23.3. The summed E-state index contributed by atoms with van der Waals surface area (Å²) in [5.41, 5.74) is 0. The largest absolute Gasteiger partial charge is 0.481 e. The molecule has 0 amide bonds. The minimum absolute atomic E-state index is 0.0621. The topological polar surface area (TPSA) is 65.0 Å². The summed E-state index contributed by atoms with van der Waals surface area (Å²) in [6.07, 6.45) is 10.0. The van der Waals surface area contributed by atoms with Crippen molar-refractivity contribution < 1.29 is 23.2 Å². The third-order valence-electron chi connectivity index (χ3n) is 13.2. The van der Waals surface area contributed by atoms with Crippen LogP contribution < -0.4 is 0 Å². The average Bonchev–Trinajstić information content (AvgIpc) is 3.53. The molecule has 2 aromatic rings. The second kappa shape index (κ2) is 17.3. The minimum atomic E-state index is -2.06. The zero-order valence-corrected chi connectivity index (χ0v) is 39.1. The molecule has 1 aromatic heterocycles. The van der Waals surface area contributed by atoms with Crippen LogP contribution >= 0.6 is 11.3 Å². The Morgan fingerprint density at radius 1 is 0.745 bits per heavy atom. The van der Waals surface area contributed by atoms with Crippen LogP contribution in [0.3, 0.4) is 0 Å². The fourth-order valence-electron chi connectivity index (χ4n) is 6.79. The third kappa shape index (κ3) is 12.1. The van der Waals surface area contributed by atoms with Gasteiger partial charge in [-0.25, -0.2) is 0 Å². The standard InChI is InChI=1S/C42H76O5SSi3/c1-40(2,3)49(10,11)45-34(38-29-31-23-21-22-25-37(31)48-38)28-27-33-32(24-19-17-16-18-20-26-39(43)44)35(46-50(12,13)41(4,5)6)30-36(33)47-51(14,15)42(7,8)9/h21-23,25,29,32-36H,16-20,24,26-28,30H2,1-15H3,(H,43,44)/t32-,33-,34-,35?,36?/m1/s1. The van der Waals surface area contributed by atoms with E-state index in [0.29, 0.717) is 11.8 Å². The number of aliphatic carboxylic acids is 1. The molecule has 0 bridgehead atoms. The number of hydrogen-bond donors (Lipinski definition) is 1. The van der Waals surface area contributed by atoms with Gasteiger partial charge in [-0.3, -0.25) is 4.79 Å². The number of thiophene rings is 1.